The molecule has 1 nitrogen and oxygen atoms in total. The molecule has 1 saturated heterocycles. The van der Waals surface area contributed by atoms with E-state index in [0.29, 0.717) is 5.54 Å². The summed E-state index contributed by atoms with van der Waals surface area (Å²) in [7, 11) is 0. The van der Waals surface area contributed by atoms with Crippen LogP contribution in [0.25, 0.3) is 0 Å². The number of rotatable bonds is 1. The molecule has 11 heavy (non-hydrogen) atoms. The molecule has 1 heterocycles. The normalized spacial score (nSPS) is 35.5. The molecule has 0 N–H and O–H groups in total. The topological polar surface area (TPSA) is 3.24 Å². The van der Waals surface area contributed by atoms with E-state index in [1.165, 1.54) is 25.8 Å². The van der Waals surface area contributed by atoms with Gasteiger partial charge in [-0.05, 0) is 39.0 Å². The lowest BCUT2D eigenvalue weighted by Crippen LogP contribution is -2.37. The molecule has 2 aliphatic rings. The molecule has 0 aromatic heterocycles. The Morgan fingerprint density at radius 2 is 2.00 bits per heavy atom. The van der Waals surface area contributed by atoms with Gasteiger partial charge in [-0.2, -0.15) is 0 Å². The van der Waals surface area contributed by atoms with E-state index >= 15 is 0 Å². The third-order valence-electron chi connectivity index (χ3n) is 3.30. The summed E-state index contributed by atoms with van der Waals surface area (Å²) >= 11 is 0. The van der Waals surface area contributed by atoms with Crippen LogP contribution in [0.3, 0.4) is 0 Å². The summed E-state index contributed by atoms with van der Waals surface area (Å²) in [5.41, 5.74) is 0.688. The minimum absolute atomic E-state index is 0.688. The van der Waals surface area contributed by atoms with Crippen molar-refractivity contribution in [3.05, 3.63) is 0 Å². The molecule has 1 aliphatic heterocycles. The second kappa shape index (κ2) is 2.22. The van der Waals surface area contributed by atoms with Crippen molar-refractivity contribution in [2.24, 2.45) is 5.92 Å². The van der Waals surface area contributed by atoms with Crippen molar-refractivity contribution in [3.63, 3.8) is 0 Å². The summed E-state index contributed by atoms with van der Waals surface area (Å²) in [6, 6.07) is 0.766. The van der Waals surface area contributed by atoms with Crippen molar-refractivity contribution in [1.82, 2.24) is 4.90 Å². The molecule has 2 fully saturated rings. The van der Waals surface area contributed by atoms with Gasteiger partial charge in [0.05, 0.1) is 0 Å². The average molecular weight is 153 g/mol. The predicted molar refractivity (Wildman–Crippen MR) is 47.6 cm³/mol. The van der Waals surface area contributed by atoms with Crippen LogP contribution in [0, 0.1) is 5.92 Å². The minimum atomic E-state index is 0.688. The molecule has 2 rings (SSSR count). The standard InChI is InChI=1S/C10H19N/c1-8(2)11-7-9(3)6-10(11)4-5-10/h8-9H,4-7H2,1-3H3. The second-order valence-electron chi connectivity index (χ2n) is 4.78. The van der Waals surface area contributed by atoms with Gasteiger partial charge >= 0.3 is 0 Å². The quantitative estimate of drug-likeness (QED) is 0.558. The van der Waals surface area contributed by atoms with Gasteiger partial charge in [-0.25, -0.2) is 0 Å². The molecule has 0 amide bonds. The van der Waals surface area contributed by atoms with Crippen LogP contribution in [0.4, 0.5) is 0 Å². The Bertz CT molecular complexity index is 158. The molecule has 0 aromatic carbocycles. The van der Waals surface area contributed by atoms with Gasteiger partial charge in [0.25, 0.3) is 0 Å². The first kappa shape index (κ1) is 7.60. The van der Waals surface area contributed by atoms with Gasteiger partial charge in [0, 0.05) is 18.1 Å². The fourth-order valence-electron chi connectivity index (χ4n) is 2.75. The Labute approximate surface area is 69.8 Å². The Morgan fingerprint density at radius 3 is 2.36 bits per heavy atom. The molecule has 1 unspecified atom stereocenters. The lowest BCUT2D eigenvalue weighted by Gasteiger charge is -2.27. The molecule has 1 saturated carbocycles. The van der Waals surface area contributed by atoms with E-state index in [1.54, 1.807) is 0 Å². The fraction of sp³-hybridized carbons (Fsp3) is 1.00. The third-order valence-corrected chi connectivity index (χ3v) is 3.30. The lowest BCUT2D eigenvalue weighted by molar-refractivity contribution is 0.185. The van der Waals surface area contributed by atoms with E-state index < -0.39 is 0 Å². The highest BCUT2D eigenvalue weighted by molar-refractivity contribution is 5.09. The summed E-state index contributed by atoms with van der Waals surface area (Å²) in [6.07, 6.45) is 4.40. The van der Waals surface area contributed by atoms with E-state index in [4.69, 9.17) is 0 Å². The number of hydrogen-bond donors (Lipinski definition) is 0. The van der Waals surface area contributed by atoms with Gasteiger partial charge in [-0.15, -0.1) is 0 Å². The monoisotopic (exact) mass is 153 g/mol. The van der Waals surface area contributed by atoms with Crippen molar-refractivity contribution >= 4 is 0 Å². The van der Waals surface area contributed by atoms with Gasteiger partial charge in [0.1, 0.15) is 0 Å². The van der Waals surface area contributed by atoms with Crippen LogP contribution in [-0.4, -0.2) is 23.0 Å². The first-order chi connectivity index (χ1) is 5.14. The van der Waals surface area contributed by atoms with Crippen LogP contribution < -0.4 is 0 Å². The Kier molecular flexibility index (Phi) is 1.54. The molecule has 64 valence electrons. The van der Waals surface area contributed by atoms with Crippen molar-refractivity contribution < 1.29 is 0 Å². The molecule has 0 bridgehead atoms. The van der Waals surface area contributed by atoms with Crippen molar-refractivity contribution in [1.29, 1.82) is 0 Å². The molecule has 0 aromatic rings. The summed E-state index contributed by atoms with van der Waals surface area (Å²) < 4.78 is 0. The maximum atomic E-state index is 2.72. The lowest BCUT2D eigenvalue weighted by atomic mass is 10.1. The van der Waals surface area contributed by atoms with Gasteiger partial charge in [-0.1, -0.05) is 6.92 Å². The zero-order chi connectivity index (χ0) is 8.06. The second-order valence-corrected chi connectivity index (χ2v) is 4.78. The zero-order valence-corrected chi connectivity index (χ0v) is 7.93. The maximum Gasteiger partial charge on any atom is 0.0216 e. The van der Waals surface area contributed by atoms with Crippen molar-refractivity contribution in [3.8, 4) is 0 Å². The predicted octanol–water partition coefficient (Wildman–Crippen LogP) is 2.27. The summed E-state index contributed by atoms with van der Waals surface area (Å²) in [6.45, 7) is 8.40. The first-order valence-electron chi connectivity index (χ1n) is 4.91. The zero-order valence-electron chi connectivity index (χ0n) is 7.93. The minimum Gasteiger partial charge on any atom is -0.295 e. The molecule has 1 atom stereocenters. The van der Waals surface area contributed by atoms with Crippen molar-refractivity contribution in [2.75, 3.05) is 6.54 Å². The van der Waals surface area contributed by atoms with E-state index in [-0.39, 0.29) is 0 Å². The van der Waals surface area contributed by atoms with Gasteiger partial charge in [0.2, 0.25) is 0 Å². The van der Waals surface area contributed by atoms with Gasteiger partial charge in [-0.3, -0.25) is 4.90 Å². The molecular weight excluding hydrogens is 134 g/mol. The third kappa shape index (κ3) is 1.10. The Balaban J connectivity index is 2.09. The van der Waals surface area contributed by atoms with E-state index in [0.717, 1.165) is 12.0 Å². The van der Waals surface area contributed by atoms with Gasteiger partial charge < -0.3 is 0 Å². The van der Waals surface area contributed by atoms with E-state index in [2.05, 4.69) is 25.7 Å². The SMILES string of the molecule is CC1CN(C(C)C)C2(CC2)C1. The summed E-state index contributed by atoms with van der Waals surface area (Å²) in [5.74, 6) is 0.944. The Morgan fingerprint density at radius 1 is 1.36 bits per heavy atom. The first-order valence-corrected chi connectivity index (χ1v) is 4.91. The summed E-state index contributed by atoms with van der Waals surface area (Å²) in [5, 5.41) is 0. The number of likely N-dealkylation sites (tertiary alicyclic amines) is 1. The van der Waals surface area contributed by atoms with Crippen LogP contribution in [0.15, 0.2) is 0 Å². The Hall–Kier alpha value is -0.0400. The van der Waals surface area contributed by atoms with Crippen LogP contribution in [0.5, 0.6) is 0 Å². The molecule has 1 heteroatoms. The highest BCUT2D eigenvalue weighted by Gasteiger charge is 2.53. The van der Waals surface area contributed by atoms with Crippen LogP contribution in [0.2, 0.25) is 0 Å². The molecule has 1 spiro atoms. The van der Waals surface area contributed by atoms with Crippen LogP contribution >= 0.6 is 0 Å². The van der Waals surface area contributed by atoms with Crippen molar-refractivity contribution in [2.45, 2.75) is 51.6 Å². The van der Waals surface area contributed by atoms with E-state index in [9.17, 15) is 0 Å². The van der Waals surface area contributed by atoms with Crippen LogP contribution in [0.1, 0.15) is 40.0 Å². The fourth-order valence-corrected chi connectivity index (χ4v) is 2.75. The highest BCUT2D eigenvalue weighted by Crippen LogP contribution is 2.51. The number of nitrogens with zero attached hydrogens (tertiary/aromatic N) is 1. The maximum absolute atomic E-state index is 2.72. The summed E-state index contributed by atoms with van der Waals surface area (Å²) in [4.78, 5) is 2.72. The molecule has 0 radical (unpaired) electrons. The smallest absolute Gasteiger partial charge is 0.0216 e. The average Bonchev–Trinajstić information content (AvgIpc) is 2.54. The number of hydrogen-bond acceptors (Lipinski definition) is 1. The largest absolute Gasteiger partial charge is 0.295 e. The highest BCUT2D eigenvalue weighted by atomic mass is 15.3. The molecular formula is C10H19N. The van der Waals surface area contributed by atoms with Gasteiger partial charge in [0.15, 0.2) is 0 Å². The van der Waals surface area contributed by atoms with Crippen LogP contribution in [-0.2, 0) is 0 Å². The van der Waals surface area contributed by atoms with E-state index in [1.807, 2.05) is 0 Å². The molecule has 1 aliphatic carbocycles.